The Hall–Kier alpha value is -3.11. The van der Waals surface area contributed by atoms with Gasteiger partial charge in [0.15, 0.2) is 0 Å². The van der Waals surface area contributed by atoms with Crippen LogP contribution in [-0.2, 0) is 16.6 Å². The molecule has 0 spiro atoms. The average molecular weight is 458 g/mol. The van der Waals surface area contributed by atoms with Crippen LogP contribution in [0.25, 0.3) is 22.0 Å². The van der Waals surface area contributed by atoms with Crippen molar-refractivity contribution in [1.82, 2.24) is 24.3 Å². The number of rotatable bonds is 5. The molecule has 1 N–H and O–H groups in total. The van der Waals surface area contributed by atoms with E-state index in [0.29, 0.717) is 13.0 Å². The van der Waals surface area contributed by atoms with Crippen LogP contribution in [0.3, 0.4) is 0 Å². The van der Waals surface area contributed by atoms with Crippen LogP contribution in [0.1, 0.15) is 13.3 Å². The van der Waals surface area contributed by atoms with Crippen LogP contribution in [0, 0.1) is 17.6 Å². The monoisotopic (exact) mass is 457 g/mol. The second-order valence-corrected chi connectivity index (χ2v) is 10.0. The van der Waals surface area contributed by atoms with Crippen molar-refractivity contribution in [3.8, 4) is 11.1 Å². The Morgan fingerprint density at radius 3 is 2.75 bits per heavy atom. The normalized spacial score (nSPS) is 19.7. The number of fused-ring (bicyclic) bond motifs is 1. The molecule has 3 heterocycles. The zero-order chi connectivity index (χ0) is 22.5. The molecule has 5 rings (SSSR count). The van der Waals surface area contributed by atoms with Crippen LogP contribution in [0.5, 0.6) is 0 Å². The molecule has 7 nitrogen and oxygen atoms in total. The molecule has 1 saturated heterocycles. The summed E-state index contributed by atoms with van der Waals surface area (Å²) in [5, 5.41) is 12.2. The second-order valence-electron chi connectivity index (χ2n) is 8.19. The fourth-order valence-corrected chi connectivity index (χ4v) is 6.24. The minimum atomic E-state index is -4.15. The molecule has 2 aromatic carbocycles. The van der Waals surface area contributed by atoms with Gasteiger partial charge in [-0.05, 0) is 55.2 Å². The number of sulfonamides is 1. The molecule has 32 heavy (non-hydrogen) atoms. The highest BCUT2D eigenvalue weighted by atomic mass is 32.2. The number of aromatic amines is 1. The van der Waals surface area contributed by atoms with Crippen molar-refractivity contribution in [3.05, 3.63) is 66.6 Å². The van der Waals surface area contributed by atoms with E-state index in [1.54, 1.807) is 19.3 Å². The fourth-order valence-electron chi connectivity index (χ4n) is 4.44. The van der Waals surface area contributed by atoms with Crippen molar-refractivity contribution in [2.75, 3.05) is 6.54 Å². The average Bonchev–Trinajstić information content (AvgIpc) is 3.50. The van der Waals surface area contributed by atoms with E-state index >= 15 is 0 Å². The van der Waals surface area contributed by atoms with Crippen molar-refractivity contribution in [1.29, 1.82) is 0 Å². The van der Waals surface area contributed by atoms with Gasteiger partial charge in [0, 0.05) is 36.3 Å². The number of nitrogens with one attached hydrogen (secondary N) is 1. The standard InChI is InChI=1S/C22H21F2N5O2S/c1-14-6-15(13-29(14)32(30,31)22-8-19(23)3-4-20(22)24)12-28-21-5-2-16(7-17(21)11-27-28)18-9-25-26-10-18/h2-5,7-11,14-15H,6,12-13H2,1H3,(H,25,26)/t14-,15?/m0/s1. The molecular formula is C22H21F2N5O2S. The summed E-state index contributed by atoms with van der Waals surface area (Å²) in [6, 6.07) is 8.17. The Balaban J connectivity index is 1.37. The summed E-state index contributed by atoms with van der Waals surface area (Å²) in [6.07, 6.45) is 5.96. The zero-order valence-electron chi connectivity index (χ0n) is 17.2. The minimum absolute atomic E-state index is 0.00644. The first kappa shape index (κ1) is 20.8. The van der Waals surface area contributed by atoms with Gasteiger partial charge < -0.3 is 0 Å². The highest BCUT2D eigenvalue weighted by molar-refractivity contribution is 7.89. The first-order valence-electron chi connectivity index (χ1n) is 10.2. The smallest absolute Gasteiger partial charge is 0.246 e. The van der Waals surface area contributed by atoms with Crippen LogP contribution in [-0.4, -0.2) is 45.3 Å². The molecule has 1 unspecified atom stereocenters. The molecule has 1 aliphatic rings. The van der Waals surface area contributed by atoms with Gasteiger partial charge in [-0.3, -0.25) is 9.78 Å². The largest absolute Gasteiger partial charge is 0.285 e. The molecular weight excluding hydrogens is 436 g/mol. The number of H-pyrrole nitrogens is 1. The first-order valence-corrected chi connectivity index (χ1v) is 11.7. The topological polar surface area (TPSA) is 83.9 Å². The summed E-state index contributed by atoms with van der Waals surface area (Å²) in [4.78, 5) is -0.624. The Morgan fingerprint density at radius 1 is 1.12 bits per heavy atom. The summed E-state index contributed by atoms with van der Waals surface area (Å²) in [5.41, 5.74) is 2.95. The number of hydrogen-bond acceptors (Lipinski definition) is 4. The maximum Gasteiger partial charge on any atom is 0.246 e. The zero-order valence-corrected chi connectivity index (χ0v) is 18.1. The Labute approximate surface area is 183 Å². The molecule has 166 valence electrons. The van der Waals surface area contributed by atoms with Gasteiger partial charge in [-0.2, -0.15) is 14.5 Å². The number of nitrogens with zero attached hydrogens (tertiary/aromatic N) is 4. The molecule has 0 radical (unpaired) electrons. The molecule has 1 aliphatic heterocycles. The number of halogens is 2. The van der Waals surface area contributed by atoms with Crippen LogP contribution in [0.2, 0.25) is 0 Å². The van der Waals surface area contributed by atoms with E-state index in [1.807, 2.05) is 29.1 Å². The van der Waals surface area contributed by atoms with E-state index in [2.05, 4.69) is 15.3 Å². The third-order valence-electron chi connectivity index (χ3n) is 5.99. The summed E-state index contributed by atoms with van der Waals surface area (Å²) < 4.78 is 56.9. The molecule has 2 atom stereocenters. The quantitative estimate of drug-likeness (QED) is 0.494. The van der Waals surface area contributed by atoms with Crippen molar-refractivity contribution in [2.24, 2.45) is 5.92 Å². The third-order valence-corrected chi connectivity index (χ3v) is 7.98. The lowest BCUT2D eigenvalue weighted by Gasteiger charge is -2.21. The van der Waals surface area contributed by atoms with Gasteiger partial charge in [0.2, 0.25) is 10.0 Å². The van der Waals surface area contributed by atoms with E-state index in [1.165, 1.54) is 4.31 Å². The van der Waals surface area contributed by atoms with Crippen LogP contribution in [0.15, 0.2) is 59.9 Å². The molecule has 0 saturated carbocycles. The van der Waals surface area contributed by atoms with Gasteiger partial charge in [0.25, 0.3) is 0 Å². The molecule has 0 aliphatic carbocycles. The number of benzene rings is 2. The van der Waals surface area contributed by atoms with Crippen molar-refractivity contribution in [2.45, 2.75) is 30.8 Å². The van der Waals surface area contributed by atoms with Gasteiger partial charge in [-0.15, -0.1) is 0 Å². The summed E-state index contributed by atoms with van der Waals surface area (Å²) in [5.74, 6) is -1.74. The molecule has 10 heteroatoms. The van der Waals surface area contributed by atoms with Crippen LogP contribution in [0.4, 0.5) is 8.78 Å². The highest BCUT2D eigenvalue weighted by Gasteiger charge is 2.39. The lowest BCUT2D eigenvalue weighted by atomic mass is 10.1. The lowest BCUT2D eigenvalue weighted by Crippen LogP contribution is -2.34. The number of aromatic nitrogens is 4. The Morgan fingerprint density at radius 2 is 1.97 bits per heavy atom. The van der Waals surface area contributed by atoms with E-state index in [0.717, 1.165) is 40.2 Å². The third kappa shape index (κ3) is 3.59. The second kappa shape index (κ2) is 7.79. The maximum absolute atomic E-state index is 14.2. The fraction of sp³-hybridized carbons (Fsp3) is 0.273. The van der Waals surface area contributed by atoms with Gasteiger partial charge in [-0.25, -0.2) is 17.2 Å². The highest BCUT2D eigenvalue weighted by Crippen LogP contribution is 2.32. The van der Waals surface area contributed by atoms with E-state index in [-0.39, 0.29) is 18.5 Å². The van der Waals surface area contributed by atoms with Gasteiger partial charge >= 0.3 is 0 Å². The van der Waals surface area contributed by atoms with Crippen molar-refractivity contribution < 1.29 is 17.2 Å². The SMILES string of the molecule is C[C@H]1CC(Cn2ncc3cc(-c4cn[nH]c4)ccc32)CN1S(=O)(=O)c1cc(F)ccc1F. The van der Waals surface area contributed by atoms with Gasteiger partial charge in [0.1, 0.15) is 16.5 Å². The molecule has 2 aromatic heterocycles. The maximum atomic E-state index is 14.2. The van der Waals surface area contributed by atoms with E-state index in [4.69, 9.17) is 0 Å². The molecule has 4 aromatic rings. The Kier molecular flexibility index (Phi) is 5.06. The van der Waals surface area contributed by atoms with E-state index < -0.39 is 26.6 Å². The van der Waals surface area contributed by atoms with Gasteiger partial charge in [0.05, 0.1) is 17.9 Å². The molecule has 0 amide bonds. The van der Waals surface area contributed by atoms with Crippen LogP contribution < -0.4 is 0 Å². The molecule has 1 fully saturated rings. The Bertz CT molecular complexity index is 1380. The predicted molar refractivity (Wildman–Crippen MR) is 115 cm³/mol. The van der Waals surface area contributed by atoms with Gasteiger partial charge in [-0.1, -0.05) is 6.07 Å². The van der Waals surface area contributed by atoms with Crippen LogP contribution >= 0.6 is 0 Å². The van der Waals surface area contributed by atoms with Crippen molar-refractivity contribution in [3.63, 3.8) is 0 Å². The summed E-state index contributed by atoms with van der Waals surface area (Å²) in [7, 11) is -4.15. The van der Waals surface area contributed by atoms with Crippen molar-refractivity contribution >= 4 is 20.9 Å². The summed E-state index contributed by atoms with van der Waals surface area (Å²) >= 11 is 0. The van der Waals surface area contributed by atoms with E-state index in [9.17, 15) is 17.2 Å². The molecule has 0 bridgehead atoms. The lowest BCUT2D eigenvalue weighted by molar-refractivity contribution is 0.393. The first-order chi connectivity index (χ1) is 15.3. The predicted octanol–water partition coefficient (Wildman–Crippen LogP) is 3.80. The number of hydrogen-bond donors (Lipinski definition) is 1. The minimum Gasteiger partial charge on any atom is -0.285 e. The summed E-state index contributed by atoms with van der Waals surface area (Å²) in [6.45, 7) is 2.53.